The van der Waals surface area contributed by atoms with Crippen LogP contribution in [-0.4, -0.2) is 78.5 Å². The van der Waals surface area contributed by atoms with E-state index in [9.17, 15) is 19.2 Å². The Labute approximate surface area is 205 Å². The summed E-state index contributed by atoms with van der Waals surface area (Å²) in [5.41, 5.74) is 2.97. The third-order valence-electron chi connectivity index (χ3n) is 6.72. The summed E-state index contributed by atoms with van der Waals surface area (Å²) in [6.07, 6.45) is 4.48. The van der Waals surface area contributed by atoms with Crippen LogP contribution in [0.2, 0.25) is 0 Å². The Morgan fingerprint density at radius 3 is 2.49 bits per heavy atom. The van der Waals surface area contributed by atoms with Crippen LogP contribution in [0.1, 0.15) is 55.3 Å². The van der Waals surface area contributed by atoms with Gasteiger partial charge in [-0.15, -0.1) is 0 Å². The van der Waals surface area contributed by atoms with Crippen LogP contribution in [0.25, 0.3) is 0 Å². The van der Waals surface area contributed by atoms with Crippen LogP contribution in [0.5, 0.6) is 5.75 Å². The number of rotatable bonds is 10. The number of likely N-dealkylation sites (tertiary alicyclic amines) is 1. The van der Waals surface area contributed by atoms with Crippen molar-refractivity contribution in [1.29, 1.82) is 0 Å². The fourth-order valence-corrected chi connectivity index (χ4v) is 4.63. The van der Waals surface area contributed by atoms with Crippen molar-refractivity contribution in [3.63, 3.8) is 0 Å². The second kappa shape index (κ2) is 13.2. The van der Waals surface area contributed by atoms with Crippen LogP contribution < -0.4 is 15.5 Å². The van der Waals surface area contributed by atoms with Crippen LogP contribution in [0.3, 0.4) is 0 Å². The number of nitrogens with zero attached hydrogens (tertiary/aromatic N) is 2. The van der Waals surface area contributed by atoms with E-state index in [4.69, 9.17) is 9.84 Å². The number of hydrogen-bond donors (Lipinski definition) is 3. The Balaban J connectivity index is 1.64. The standard InChI is InChI=1S/C25H36N4O6/c1-35-21-7-5-19(6-8-21)24(33)29(27-15-12-23(31)32)25(34)20-3-2-16-28(17-20)22(30)9-4-18-10-13-26-14-11-18/h5-8,18,20,26-27H,2-4,9-17H2,1H3,(H,31,32)/t20-/m1/s1. The molecule has 0 aliphatic carbocycles. The SMILES string of the molecule is COc1ccc(C(=O)N(NCCC(=O)O)C(=O)[C@@H]2CCCN(C(=O)CCC3CCNCC3)C2)cc1. The molecule has 0 radical (unpaired) electrons. The lowest BCUT2D eigenvalue weighted by Gasteiger charge is -2.35. The van der Waals surface area contributed by atoms with Gasteiger partial charge in [-0.25, -0.2) is 10.4 Å². The van der Waals surface area contributed by atoms with E-state index in [1.807, 2.05) is 0 Å². The number of carboxylic acid groups (broad SMARTS) is 1. The second-order valence-corrected chi connectivity index (χ2v) is 9.17. The molecule has 0 bridgehead atoms. The summed E-state index contributed by atoms with van der Waals surface area (Å²) in [7, 11) is 1.52. The predicted octanol–water partition coefficient (Wildman–Crippen LogP) is 1.66. The normalized spacial score (nSPS) is 18.7. The lowest BCUT2D eigenvalue weighted by atomic mass is 9.92. The number of benzene rings is 1. The average molecular weight is 489 g/mol. The van der Waals surface area contributed by atoms with Gasteiger partial charge in [-0.2, -0.15) is 0 Å². The predicted molar refractivity (Wildman–Crippen MR) is 129 cm³/mol. The summed E-state index contributed by atoms with van der Waals surface area (Å²) in [5, 5.41) is 13.2. The van der Waals surface area contributed by atoms with E-state index in [-0.39, 0.29) is 31.0 Å². The molecule has 10 heteroatoms. The molecule has 2 fully saturated rings. The maximum Gasteiger partial charge on any atom is 0.304 e. The minimum Gasteiger partial charge on any atom is -0.497 e. The molecule has 0 aromatic heterocycles. The van der Waals surface area contributed by atoms with Gasteiger partial charge >= 0.3 is 5.97 Å². The summed E-state index contributed by atoms with van der Waals surface area (Å²) in [5.74, 6) is -1.42. The van der Waals surface area contributed by atoms with Crippen molar-refractivity contribution in [2.45, 2.75) is 44.9 Å². The van der Waals surface area contributed by atoms with E-state index < -0.39 is 23.7 Å². The lowest BCUT2D eigenvalue weighted by molar-refractivity contribution is -0.142. The number of nitrogens with one attached hydrogen (secondary N) is 2. The summed E-state index contributed by atoms with van der Waals surface area (Å²) in [6.45, 7) is 2.78. The number of hydrazine groups is 1. The molecular weight excluding hydrogens is 452 g/mol. The third kappa shape index (κ3) is 7.76. The van der Waals surface area contributed by atoms with E-state index in [2.05, 4.69) is 10.7 Å². The quantitative estimate of drug-likeness (QED) is 0.335. The Hall–Kier alpha value is -2.98. The van der Waals surface area contributed by atoms with Crippen LogP contribution >= 0.6 is 0 Å². The zero-order chi connectivity index (χ0) is 25.2. The zero-order valence-electron chi connectivity index (χ0n) is 20.3. The summed E-state index contributed by atoms with van der Waals surface area (Å²) >= 11 is 0. The topological polar surface area (TPSA) is 128 Å². The molecular formula is C25H36N4O6. The Bertz CT molecular complexity index is 884. The second-order valence-electron chi connectivity index (χ2n) is 9.17. The Morgan fingerprint density at radius 1 is 1.11 bits per heavy atom. The lowest BCUT2D eigenvalue weighted by Crippen LogP contribution is -2.53. The van der Waals surface area contributed by atoms with Crippen molar-refractivity contribution in [2.75, 3.05) is 39.8 Å². The minimum atomic E-state index is -1.04. The first-order valence-corrected chi connectivity index (χ1v) is 12.3. The van der Waals surface area contributed by atoms with Gasteiger partial charge in [-0.3, -0.25) is 19.2 Å². The van der Waals surface area contributed by atoms with Crippen molar-refractivity contribution >= 4 is 23.7 Å². The summed E-state index contributed by atoms with van der Waals surface area (Å²) in [6, 6.07) is 6.35. The minimum absolute atomic E-state index is 0.0490. The van der Waals surface area contributed by atoms with Crippen LogP contribution in [-0.2, 0) is 14.4 Å². The molecule has 10 nitrogen and oxygen atoms in total. The molecule has 35 heavy (non-hydrogen) atoms. The van der Waals surface area contributed by atoms with E-state index in [0.717, 1.165) is 37.4 Å². The number of carboxylic acids is 1. The molecule has 0 spiro atoms. The summed E-state index contributed by atoms with van der Waals surface area (Å²) in [4.78, 5) is 52.1. The van der Waals surface area contributed by atoms with Gasteiger partial charge in [0.2, 0.25) is 11.8 Å². The fraction of sp³-hybridized carbons (Fsp3) is 0.600. The molecule has 0 saturated carbocycles. The number of ether oxygens (including phenoxy) is 1. The molecule has 192 valence electrons. The summed E-state index contributed by atoms with van der Waals surface area (Å²) < 4.78 is 5.12. The van der Waals surface area contributed by atoms with Gasteiger partial charge in [0.25, 0.3) is 5.91 Å². The van der Waals surface area contributed by atoms with Crippen molar-refractivity contribution in [3.8, 4) is 5.75 Å². The Morgan fingerprint density at radius 2 is 1.83 bits per heavy atom. The number of imide groups is 1. The number of amides is 3. The maximum absolute atomic E-state index is 13.4. The van der Waals surface area contributed by atoms with E-state index in [1.54, 1.807) is 29.2 Å². The smallest absolute Gasteiger partial charge is 0.304 e. The zero-order valence-corrected chi connectivity index (χ0v) is 20.3. The van der Waals surface area contributed by atoms with Crippen LogP contribution in [0.4, 0.5) is 0 Å². The van der Waals surface area contributed by atoms with Gasteiger partial charge < -0.3 is 20.1 Å². The molecule has 2 saturated heterocycles. The van der Waals surface area contributed by atoms with Crippen LogP contribution in [0, 0.1) is 11.8 Å². The van der Waals surface area contributed by atoms with E-state index in [1.165, 1.54) is 7.11 Å². The molecule has 3 amide bonds. The number of hydrogen-bond acceptors (Lipinski definition) is 7. The maximum atomic E-state index is 13.4. The number of carbonyl (C=O) groups excluding carboxylic acids is 3. The monoisotopic (exact) mass is 488 g/mol. The van der Waals surface area contributed by atoms with Crippen molar-refractivity contribution in [3.05, 3.63) is 29.8 Å². The molecule has 2 aliphatic rings. The number of piperidine rings is 2. The van der Waals surface area contributed by atoms with E-state index in [0.29, 0.717) is 37.5 Å². The number of methoxy groups -OCH3 is 1. The van der Waals surface area contributed by atoms with Gasteiger partial charge in [0, 0.05) is 31.6 Å². The Kier molecular flexibility index (Phi) is 10.0. The highest BCUT2D eigenvalue weighted by molar-refractivity contribution is 6.05. The van der Waals surface area contributed by atoms with Gasteiger partial charge in [0.1, 0.15) is 5.75 Å². The first-order chi connectivity index (χ1) is 16.9. The van der Waals surface area contributed by atoms with Crippen molar-refractivity contribution < 1.29 is 29.0 Å². The molecule has 1 atom stereocenters. The molecule has 2 aliphatic heterocycles. The highest BCUT2D eigenvalue weighted by Crippen LogP contribution is 2.23. The number of aliphatic carboxylic acids is 1. The number of carbonyl (C=O) groups is 4. The highest BCUT2D eigenvalue weighted by atomic mass is 16.5. The van der Waals surface area contributed by atoms with Crippen LogP contribution in [0.15, 0.2) is 24.3 Å². The van der Waals surface area contributed by atoms with Crippen molar-refractivity contribution in [1.82, 2.24) is 20.7 Å². The fourth-order valence-electron chi connectivity index (χ4n) is 4.63. The van der Waals surface area contributed by atoms with E-state index >= 15 is 0 Å². The first-order valence-electron chi connectivity index (χ1n) is 12.3. The van der Waals surface area contributed by atoms with Gasteiger partial charge in [-0.05, 0) is 75.4 Å². The van der Waals surface area contributed by atoms with Gasteiger partial charge in [0.15, 0.2) is 0 Å². The molecule has 1 aromatic carbocycles. The highest BCUT2D eigenvalue weighted by Gasteiger charge is 2.34. The largest absolute Gasteiger partial charge is 0.497 e. The van der Waals surface area contributed by atoms with Crippen molar-refractivity contribution in [2.24, 2.45) is 11.8 Å². The third-order valence-corrected chi connectivity index (χ3v) is 6.72. The average Bonchev–Trinajstić information content (AvgIpc) is 2.89. The molecule has 0 unspecified atom stereocenters. The van der Waals surface area contributed by atoms with Gasteiger partial charge in [0.05, 0.1) is 19.4 Å². The molecule has 3 rings (SSSR count). The first kappa shape index (κ1) is 26.6. The molecule has 1 aromatic rings. The molecule has 2 heterocycles. The van der Waals surface area contributed by atoms with Gasteiger partial charge in [-0.1, -0.05) is 0 Å². The molecule has 3 N–H and O–H groups in total.